The first kappa shape index (κ1) is 15.7. The summed E-state index contributed by atoms with van der Waals surface area (Å²) in [6.45, 7) is 2.75. The van der Waals surface area contributed by atoms with E-state index in [0.29, 0.717) is 35.6 Å². The van der Waals surface area contributed by atoms with Gasteiger partial charge in [-0.15, -0.1) is 0 Å². The standard InChI is InChI=1S/C20H19NO4/c1-13-4-6-14(7-5-13)19(22)16-3-2-10-21(16)20(23)15-8-9-17-18(11-15)25-12-24-17/h4-9,11,16H,2-3,10,12H2,1H3. The molecule has 0 N–H and O–H groups in total. The maximum Gasteiger partial charge on any atom is 0.254 e. The molecule has 5 heteroatoms. The molecule has 2 heterocycles. The third kappa shape index (κ3) is 2.86. The van der Waals surface area contributed by atoms with E-state index in [4.69, 9.17) is 9.47 Å². The second-order valence-electron chi connectivity index (χ2n) is 6.45. The first-order valence-corrected chi connectivity index (χ1v) is 8.45. The quantitative estimate of drug-likeness (QED) is 0.807. The number of rotatable bonds is 3. The van der Waals surface area contributed by atoms with E-state index in [9.17, 15) is 9.59 Å². The molecule has 0 radical (unpaired) electrons. The van der Waals surface area contributed by atoms with Crippen LogP contribution in [0.3, 0.4) is 0 Å². The van der Waals surface area contributed by atoms with Crippen LogP contribution in [0.4, 0.5) is 0 Å². The summed E-state index contributed by atoms with van der Waals surface area (Å²) in [5, 5.41) is 0. The Hall–Kier alpha value is -2.82. The maximum atomic E-state index is 12.9. The molecule has 1 unspecified atom stereocenters. The van der Waals surface area contributed by atoms with E-state index in [1.165, 1.54) is 0 Å². The summed E-state index contributed by atoms with van der Waals surface area (Å²) in [5.41, 5.74) is 2.28. The van der Waals surface area contributed by atoms with Crippen LogP contribution >= 0.6 is 0 Å². The zero-order valence-electron chi connectivity index (χ0n) is 14.0. The lowest BCUT2D eigenvalue weighted by atomic mass is 10.0. The van der Waals surface area contributed by atoms with Gasteiger partial charge in [0.05, 0.1) is 6.04 Å². The minimum absolute atomic E-state index is 0.00610. The fraction of sp³-hybridized carbons (Fsp3) is 0.300. The molecule has 0 aromatic heterocycles. The van der Waals surface area contributed by atoms with Crippen LogP contribution in [0.15, 0.2) is 42.5 Å². The molecule has 1 fully saturated rings. The molecule has 2 aromatic carbocycles. The van der Waals surface area contributed by atoms with Crippen LogP contribution in [0.5, 0.6) is 11.5 Å². The van der Waals surface area contributed by atoms with Gasteiger partial charge in [-0.25, -0.2) is 0 Å². The molecule has 1 amide bonds. The van der Waals surface area contributed by atoms with Gasteiger partial charge in [0.2, 0.25) is 6.79 Å². The van der Waals surface area contributed by atoms with Crippen molar-refractivity contribution >= 4 is 11.7 Å². The van der Waals surface area contributed by atoms with Crippen molar-refractivity contribution in [2.45, 2.75) is 25.8 Å². The van der Waals surface area contributed by atoms with Gasteiger partial charge in [0.15, 0.2) is 17.3 Å². The molecule has 2 aromatic rings. The molecule has 0 saturated carbocycles. The number of hydrogen-bond acceptors (Lipinski definition) is 4. The fourth-order valence-corrected chi connectivity index (χ4v) is 3.39. The van der Waals surface area contributed by atoms with Crippen LogP contribution in [0.25, 0.3) is 0 Å². The number of likely N-dealkylation sites (tertiary alicyclic amines) is 1. The molecule has 0 spiro atoms. The van der Waals surface area contributed by atoms with E-state index in [-0.39, 0.29) is 18.5 Å². The normalized spacial score (nSPS) is 18.4. The van der Waals surface area contributed by atoms with Crippen molar-refractivity contribution in [1.82, 2.24) is 4.90 Å². The summed E-state index contributed by atoms with van der Waals surface area (Å²) in [7, 11) is 0. The van der Waals surface area contributed by atoms with Gasteiger partial charge < -0.3 is 14.4 Å². The van der Waals surface area contributed by atoms with Gasteiger partial charge in [0.25, 0.3) is 5.91 Å². The van der Waals surface area contributed by atoms with Crippen molar-refractivity contribution in [2.24, 2.45) is 0 Å². The van der Waals surface area contributed by atoms with Crippen molar-refractivity contribution in [2.75, 3.05) is 13.3 Å². The molecule has 128 valence electrons. The fourth-order valence-electron chi connectivity index (χ4n) is 3.39. The van der Waals surface area contributed by atoms with E-state index < -0.39 is 6.04 Å². The average Bonchev–Trinajstić information content (AvgIpc) is 3.29. The van der Waals surface area contributed by atoms with E-state index in [0.717, 1.165) is 12.0 Å². The largest absolute Gasteiger partial charge is 0.454 e. The molecule has 5 nitrogen and oxygen atoms in total. The second-order valence-corrected chi connectivity index (χ2v) is 6.45. The first-order valence-electron chi connectivity index (χ1n) is 8.45. The summed E-state index contributed by atoms with van der Waals surface area (Å²) in [6, 6.07) is 12.3. The summed E-state index contributed by atoms with van der Waals surface area (Å²) in [4.78, 5) is 27.5. The van der Waals surface area contributed by atoms with Gasteiger partial charge in [-0.05, 0) is 38.0 Å². The number of carbonyl (C=O) groups excluding carboxylic acids is 2. The molecule has 0 aliphatic carbocycles. The Labute approximate surface area is 146 Å². The zero-order chi connectivity index (χ0) is 17.4. The Morgan fingerprint density at radius 2 is 1.72 bits per heavy atom. The molecular weight excluding hydrogens is 318 g/mol. The van der Waals surface area contributed by atoms with Crippen LogP contribution in [-0.2, 0) is 0 Å². The highest BCUT2D eigenvalue weighted by Gasteiger charge is 2.35. The van der Waals surface area contributed by atoms with Crippen LogP contribution in [0, 0.1) is 6.92 Å². The van der Waals surface area contributed by atoms with E-state index in [2.05, 4.69) is 0 Å². The smallest absolute Gasteiger partial charge is 0.254 e. The van der Waals surface area contributed by atoms with Crippen molar-refractivity contribution in [3.05, 3.63) is 59.2 Å². The Morgan fingerprint density at radius 3 is 2.52 bits per heavy atom. The summed E-state index contributed by atoms with van der Waals surface area (Å²) < 4.78 is 10.6. The Morgan fingerprint density at radius 1 is 1.00 bits per heavy atom. The Kier molecular flexibility index (Phi) is 3.92. The summed E-state index contributed by atoms with van der Waals surface area (Å²) >= 11 is 0. The van der Waals surface area contributed by atoms with Crippen LogP contribution in [-0.4, -0.2) is 36.0 Å². The summed E-state index contributed by atoms with van der Waals surface area (Å²) in [5.74, 6) is 1.09. The Bertz CT molecular complexity index is 828. The SMILES string of the molecule is Cc1ccc(C(=O)C2CCCN2C(=O)c2ccc3c(c2)OCO3)cc1. The van der Waals surface area contributed by atoms with E-state index >= 15 is 0 Å². The van der Waals surface area contributed by atoms with Gasteiger partial charge in [-0.2, -0.15) is 0 Å². The monoisotopic (exact) mass is 337 g/mol. The number of Topliss-reactive ketones (excluding diaryl/α,β-unsaturated/α-hetero) is 1. The molecule has 4 rings (SSSR count). The number of hydrogen-bond donors (Lipinski definition) is 0. The van der Waals surface area contributed by atoms with Gasteiger partial charge in [0.1, 0.15) is 0 Å². The van der Waals surface area contributed by atoms with Gasteiger partial charge in [-0.1, -0.05) is 29.8 Å². The lowest BCUT2D eigenvalue weighted by Crippen LogP contribution is -2.40. The Balaban J connectivity index is 1.57. The van der Waals surface area contributed by atoms with Crippen molar-refractivity contribution in [3.63, 3.8) is 0 Å². The lowest BCUT2D eigenvalue weighted by Gasteiger charge is -2.24. The predicted octanol–water partition coefficient (Wildman–Crippen LogP) is 3.21. The average molecular weight is 337 g/mol. The number of amides is 1. The van der Waals surface area contributed by atoms with Crippen LogP contribution in [0.1, 0.15) is 39.1 Å². The number of fused-ring (bicyclic) bond motifs is 1. The third-order valence-electron chi connectivity index (χ3n) is 4.77. The molecule has 0 bridgehead atoms. The number of carbonyl (C=O) groups is 2. The van der Waals surface area contributed by atoms with Crippen LogP contribution < -0.4 is 9.47 Å². The molecule has 1 atom stereocenters. The second kappa shape index (κ2) is 6.24. The molecule has 2 aliphatic heterocycles. The molecule has 1 saturated heterocycles. The highest BCUT2D eigenvalue weighted by Crippen LogP contribution is 2.33. The topological polar surface area (TPSA) is 55.8 Å². The number of nitrogens with zero attached hydrogens (tertiary/aromatic N) is 1. The predicted molar refractivity (Wildman–Crippen MR) is 92.1 cm³/mol. The number of aryl methyl sites for hydroxylation is 1. The number of ether oxygens (including phenoxy) is 2. The van der Waals surface area contributed by atoms with Gasteiger partial charge in [0, 0.05) is 17.7 Å². The van der Waals surface area contributed by atoms with E-state index in [1.807, 2.05) is 31.2 Å². The molecule has 2 aliphatic rings. The number of ketones is 1. The summed E-state index contributed by atoms with van der Waals surface area (Å²) in [6.07, 6.45) is 1.53. The van der Waals surface area contributed by atoms with Gasteiger partial charge in [-0.3, -0.25) is 9.59 Å². The van der Waals surface area contributed by atoms with E-state index in [1.54, 1.807) is 23.1 Å². The lowest BCUT2D eigenvalue weighted by molar-refractivity contribution is 0.0671. The zero-order valence-corrected chi connectivity index (χ0v) is 14.0. The third-order valence-corrected chi connectivity index (χ3v) is 4.77. The molecule has 25 heavy (non-hydrogen) atoms. The number of benzene rings is 2. The highest BCUT2D eigenvalue weighted by atomic mass is 16.7. The van der Waals surface area contributed by atoms with Crippen LogP contribution in [0.2, 0.25) is 0 Å². The highest BCUT2D eigenvalue weighted by molar-refractivity contribution is 6.04. The van der Waals surface area contributed by atoms with Crippen molar-refractivity contribution < 1.29 is 19.1 Å². The minimum Gasteiger partial charge on any atom is -0.454 e. The first-order chi connectivity index (χ1) is 12.1. The van der Waals surface area contributed by atoms with Crippen molar-refractivity contribution in [1.29, 1.82) is 0 Å². The van der Waals surface area contributed by atoms with Crippen molar-refractivity contribution in [3.8, 4) is 11.5 Å². The van der Waals surface area contributed by atoms with Gasteiger partial charge >= 0.3 is 0 Å². The molecular formula is C20H19NO4. The maximum absolute atomic E-state index is 12.9. The minimum atomic E-state index is -0.402.